The summed E-state index contributed by atoms with van der Waals surface area (Å²) in [5.41, 5.74) is -0.420. The van der Waals surface area contributed by atoms with Crippen LogP contribution in [0, 0.1) is 0 Å². The highest BCUT2D eigenvalue weighted by molar-refractivity contribution is 4.81. The number of likely N-dealkylation sites (tertiary alicyclic amines) is 2. The lowest BCUT2D eigenvalue weighted by molar-refractivity contribution is 0.0442. The maximum Gasteiger partial charge on any atom is 0.0632 e. The van der Waals surface area contributed by atoms with Crippen LogP contribution in [-0.4, -0.2) is 59.8 Å². The Morgan fingerprint density at radius 2 is 1.94 bits per heavy atom. The van der Waals surface area contributed by atoms with Crippen LogP contribution in [0.25, 0.3) is 0 Å². The first-order valence-corrected chi connectivity index (χ1v) is 7.72. The van der Waals surface area contributed by atoms with Gasteiger partial charge in [0.05, 0.1) is 5.60 Å². The zero-order valence-electron chi connectivity index (χ0n) is 12.2. The van der Waals surface area contributed by atoms with E-state index in [1.807, 2.05) is 6.92 Å². The second-order valence-corrected chi connectivity index (χ2v) is 6.61. The maximum absolute atomic E-state index is 10.1. The molecule has 18 heavy (non-hydrogen) atoms. The van der Waals surface area contributed by atoms with Gasteiger partial charge in [-0.15, -0.1) is 0 Å². The Bertz CT molecular complexity index is 255. The van der Waals surface area contributed by atoms with Crippen LogP contribution in [0.5, 0.6) is 0 Å². The van der Waals surface area contributed by atoms with E-state index in [-0.39, 0.29) is 0 Å². The summed E-state index contributed by atoms with van der Waals surface area (Å²) in [5, 5.41) is 10.1. The van der Waals surface area contributed by atoms with Gasteiger partial charge >= 0.3 is 0 Å². The molecule has 0 aromatic heterocycles. The van der Waals surface area contributed by atoms with E-state index < -0.39 is 5.60 Å². The molecule has 2 fully saturated rings. The number of nitrogens with zero attached hydrogens (tertiary/aromatic N) is 2. The summed E-state index contributed by atoms with van der Waals surface area (Å²) < 4.78 is 0. The molecule has 0 saturated carbocycles. The standard InChI is InChI=1S/C15H30N2O/c1-15(18)8-5-11-17(13-9-15)12-7-14-6-3-4-10-16(14)2/h14,18H,3-13H2,1-2H3. The zero-order chi connectivity index (χ0) is 13.0. The number of hydrogen-bond donors (Lipinski definition) is 1. The van der Waals surface area contributed by atoms with Crippen LogP contribution in [0.15, 0.2) is 0 Å². The summed E-state index contributed by atoms with van der Waals surface area (Å²) >= 11 is 0. The van der Waals surface area contributed by atoms with Gasteiger partial charge in [-0.05, 0) is 72.1 Å². The van der Waals surface area contributed by atoms with Gasteiger partial charge in [-0.3, -0.25) is 0 Å². The minimum absolute atomic E-state index is 0.420. The average Bonchev–Trinajstić information content (AvgIpc) is 2.50. The quantitative estimate of drug-likeness (QED) is 0.835. The monoisotopic (exact) mass is 254 g/mol. The van der Waals surface area contributed by atoms with Crippen molar-refractivity contribution in [3.8, 4) is 0 Å². The molecule has 0 radical (unpaired) electrons. The Kier molecular flexibility index (Phi) is 5.05. The fourth-order valence-electron chi connectivity index (χ4n) is 3.38. The highest BCUT2D eigenvalue weighted by Crippen LogP contribution is 2.23. The van der Waals surface area contributed by atoms with Crippen LogP contribution >= 0.6 is 0 Å². The maximum atomic E-state index is 10.1. The summed E-state index contributed by atoms with van der Waals surface area (Å²) in [6.07, 6.45) is 8.51. The molecular weight excluding hydrogens is 224 g/mol. The molecule has 2 heterocycles. The van der Waals surface area contributed by atoms with Gasteiger partial charge in [-0.2, -0.15) is 0 Å². The molecule has 2 aliphatic rings. The fraction of sp³-hybridized carbons (Fsp3) is 1.00. The molecule has 2 unspecified atom stereocenters. The predicted octanol–water partition coefficient (Wildman–Crippen LogP) is 2.10. The van der Waals surface area contributed by atoms with Crippen LogP contribution in [0.3, 0.4) is 0 Å². The van der Waals surface area contributed by atoms with Crippen molar-refractivity contribution in [1.29, 1.82) is 0 Å². The Labute approximate surface area is 112 Å². The molecule has 0 spiro atoms. The highest BCUT2D eigenvalue weighted by atomic mass is 16.3. The van der Waals surface area contributed by atoms with Gasteiger partial charge in [-0.25, -0.2) is 0 Å². The van der Waals surface area contributed by atoms with E-state index in [0.29, 0.717) is 0 Å². The van der Waals surface area contributed by atoms with E-state index in [4.69, 9.17) is 0 Å². The van der Waals surface area contributed by atoms with E-state index in [0.717, 1.165) is 31.8 Å². The summed E-state index contributed by atoms with van der Waals surface area (Å²) in [4.78, 5) is 5.10. The predicted molar refractivity (Wildman–Crippen MR) is 75.8 cm³/mol. The van der Waals surface area contributed by atoms with Gasteiger partial charge in [0.15, 0.2) is 0 Å². The zero-order valence-corrected chi connectivity index (χ0v) is 12.2. The van der Waals surface area contributed by atoms with Crippen molar-refractivity contribution in [2.75, 3.05) is 33.2 Å². The molecule has 2 aliphatic heterocycles. The van der Waals surface area contributed by atoms with Crippen LogP contribution in [-0.2, 0) is 0 Å². The molecule has 0 aromatic rings. The van der Waals surface area contributed by atoms with E-state index in [1.165, 1.54) is 45.3 Å². The third-order valence-electron chi connectivity index (χ3n) is 4.86. The van der Waals surface area contributed by atoms with Crippen LogP contribution in [0.4, 0.5) is 0 Å². The smallest absolute Gasteiger partial charge is 0.0632 e. The minimum Gasteiger partial charge on any atom is -0.390 e. The first kappa shape index (κ1) is 14.3. The minimum atomic E-state index is -0.420. The van der Waals surface area contributed by atoms with Crippen molar-refractivity contribution in [2.24, 2.45) is 0 Å². The van der Waals surface area contributed by atoms with E-state index >= 15 is 0 Å². The molecular formula is C15H30N2O. The average molecular weight is 254 g/mol. The Hall–Kier alpha value is -0.120. The molecule has 2 saturated heterocycles. The van der Waals surface area contributed by atoms with Gasteiger partial charge in [0.2, 0.25) is 0 Å². The van der Waals surface area contributed by atoms with Crippen molar-refractivity contribution in [1.82, 2.24) is 9.80 Å². The molecule has 106 valence electrons. The van der Waals surface area contributed by atoms with Gasteiger partial charge in [0.1, 0.15) is 0 Å². The molecule has 0 bridgehead atoms. The highest BCUT2D eigenvalue weighted by Gasteiger charge is 2.25. The number of aliphatic hydroxyl groups is 1. The van der Waals surface area contributed by atoms with Crippen molar-refractivity contribution >= 4 is 0 Å². The summed E-state index contributed by atoms with van der Waals surface area (Å²) in [6, 6.07) is 0.794. The lowest BCUT2D eigenvalue weighted by Crippen LogP contribution is -2.39. The van der Waals surface area contributed by atoms with E-state index in [1.54, 1.807) is 0 Å². The second kappa shape index (κ2) is 6.36. The van der Waals surface area contributed by atoms with Crippen LogP contribution in [0.2, 0.25) is 0 Å². The molecule has 0 aromatic carbocycles. The third-order valence-corrected chi connectivity index (χ3v) is 4.86. The van der Waals surface area contributed by atoms with Gasteiger partial charge < -0.3 is 14.9 Å². The van der Waals surface area contributed by atoms with Crippen molar-refractivity contribution in [2.45, 2.75) is 63.5 Å². The van der Waals surface area contributed by atoms with Crippen LogP contribution in [0.1, 0.15) is 51.9 Å². The lowest BCUT2D eigenvalue weighted by atomic mass is 9.98. The van der Waals surface area contributed by atoms with E-state index in [2.05, 4.69) is 16.8 Å². The molecule has 3 nitrogen and oxygen atoms in total. The normalized spacial score (nSPS) is 36.5. The molecule has 0 aliphatic carbocycles. The van der Waals surface area contributed by atoms with Crippen molar-refractivity contribution in [3.05, 3.63) is 0 Å². The fourth-order valence-corrected chi connectivity index (χ4v) is 3.38. The van der Waals surface area contributed by atoms with Gasteiger partial charge in [0, 0.05) is 12.6 Å². The largest absolute Gasteiger partial charge is 0.390 e. The van der Waals surface area contributed by atoms with Crippen LogP contribution < -0.4 is 0 Å². The lowest BCUT2D eigenvalue weighted by Gasteiger charge is -2.34. The van der Waals surface area contributed by atoms with Gasteiger partial charge in [-0.1, -0.05) is 6.42 Å². The Balaban J connectivity index is 1.72. The summed E-state index contributed by atoms with van der Waals surface area (Å²) in [6.45, 7) is 6.73. The first-order chi connectivity index (χ1) is 8.57. The Morgan fingerprint density at radius 1 is 1.11 bits per heavy atom. The third kappa shape index (κ3) is 4.22. The van der Waals surface area contributed by atoms with Crippen molar-refractivity contribution in [3.63, 3.8) is 0 Å². The Morgan fingerprint density at radius 3 is 2.72 bits per heavy atom. The molecule has 2 atom stereocenters. The SMILES string of the molecule is CN1CCCCC1CCN1CCCC(C)(O)CC1. The number of hydrogen-bond acceptors (Lipinski definition) is 3. The van der Waals surface area contributed by atoms with E-state index in [9.17, 15) is 5.11 Å². The number of rotatable bonds is 3. The first-order valence-electron chi connectivity index (χ1n) is 7.72. The molecule has 3 heteroatoms. The number of piperidine rings is 1. The second-order valence-electron chi connectivity index (χ2n) is 6.61. The van der Waals surface area contributed by atoms with Crippen molar-refractivity contribution < 1.29 is 5.11 Å². The van der Waals surface area contributed by atoms with Gasteiger partial charge in [0.25, 0.3) is 0 Å². The molecule has 2 rings (SSSR count). The molecule has 1 N–H and O–H groups in total. The topological polar surface area (TPSA) is 26.7 Å². The summed E-state index contributed by atoms with van der Waals surface area (Å²) in [5.74, 6) is 0. The summed E-state index contributed by atoms with van der Waals surface area (Å²) in [7, 11) is 2.27. The molecule has 0 amide bonds.